The van der Waals surface area contributed by atoms with Crippen molar-refractivity contribution >= 4 is 0 Å². The van der Waals surface area contributed by atoms with E-state index in [1.807, 2.05) is 0 Å². The molecule has 1 N–H and O–H groups in total. The maximum Gasteiger partial charge on any atom is 0.0106 e. The lowest BCUT2D eigenvalue weighted by Gasteiger charge is -2.29. The van der Waals surface area contributed by atoms with Gasteiger partial charge in [0, 0.05) is 11.6 Å². The lowest BCUT2D eigenvalue weighted by molar-refractivity contribution is 0.333. The highest BCUT2D eigenvalue weighted by molar-refractivity contribution is 4.93. The van der Waals surface area contributed by atoms with Gasteiger partial charge in [0.25, 0.3) is 0 Å². The maximum absolute atomic E-state index is 3.69. The summed E-state index contributed by atoms with van der Waals surface area (Å²) in [6.07, 6.45) is 9.95. The minimum absolute atomic E-state index is 0.253. The van der Waals surface area contributed by atoms with Crippen molar-refractivity contribution in [1.82, 2.24) is 5.32 Å². The third-order valence-electron chi connectivity index (χ3n) is 2.73. The molecule has 1 nitrogen and oxygen atoms in total. The zero-order valence-electron chi connectivity index (χ0n) is 10.1. The van der Waals surface area contributed by atoms with E-state index < -0.39 is 0 Å². The molecule has 1 aliphatic rings. The average Bonchev–Trinajstić information content (AvgIpc) is 1.97. The molecule has 1 aliphatic carbocycles. The molecule has 82 valence electrons. The van der Waals surface area contributed by atoms with Gasteiger partial charge < -0.3 is 5.32 Å². The quantitative estimate of drug-likeness (QED) is 0.631. The van der Waals surface area contributed by atoms with Crippen LogP contribution in [0.25, 0.3) is 0 Å². The molecule has 2 atom stereocenters. The summed E-state index contributed by atoms with van der Waals surface area (Å²) in [6.45, 7) is 9.06. The Morgan fingerprint density at radius 1 is 1.21 bits per heavy atom. The van der Waals surface area contributed by atoms with Crippen LogP contribution in [0, 0.1) is 5.92 Å². The highest BCUT2D eigenvalue weighted by Crippen LogP contribution is 2.18. The normalized spacial score (nSPS) is 29.7. The van der Waals surface area contributed by atoms with E-state index in [1.165, 1.54) is 25.7 Å². The lowest BCUT2D eigenvalue weighted by atomic mass is 9.94. The number of rotatable bonds is 1. The predicted octanol–water partition coefficient (Wildman–Crippen LogP) is 3.51. The lowest BCUT2D eigenvalue weighted by Crippen LogP contribution is -2.43. The number of hydrogen-bond donors (Lipinski definition) is 1. The molecule has 0 spiro atoms. The van der Waals surface area contributed by atoms with E-state index in [9.17, 15) is 0 Å². The molecule has 0 fully saturated rings. The van der Waals surface area contributed by atoms with Crippen molar-refractivity contribution in [2.24, 2.45) is 5.92 Å². The minimum Gasteiger partial charge on any atom is -0.309 e. The standard InChI is InChI=1S/C13H25N/c1-11-7-5-9-12(10-6-8-11)14-13(2,3)4/h5,7,11-12,14H,6,8-10H2,1-4H3. The molecule has 0 amide bonds. The second kappa shape index (κ2) is 4.97. The van der Waals surface area contributed by atoms with Gasteiger partial charge >= 0.3 is 0 Å². The van der Waals surface area contributed by atoms with Crippen LogP contribution in [0.3, 0.4) is 0 Å². The van der Waals surface area contributed by atoms with Crippen molar-refractivity contribution in [3.05, 3.63) is 12.2 Å². The Bertz CT molecular complexity index is 188. The molecule has 0 aromatic rings. The molecule has 0 saturated carbocycles. The molecule has 0 aromatic carbocycles. The Balaban J connectivity index is 2.43. The van der Waals surface area contributed by atoms with Gasteiger partial charge in [-0.15, -0.1) is 0 Å². The maximum atomic E-state index is 3.69. The second-order valence-electron chi connectivity index (χ2n) is 5.66. The Hall–Kier alpha value is -0.300. The molecule has 0 heterocycles. The van der Waals surface area contributed by atoms with Gasteiger partial charge in [0.05, 0.1) is 0 Å². The molecule has 1 rings (SSSR count). The fourth-order valence-electron chi connectivity index (χ4n) is 2.12. The van der Waals surface area contributed by atoms with E-state index >= 15 is 0 Å². The third-order valence-corrected chi connectivity index (χ3v) is 2.73. The Kier molecular flexibility index (Phi) is 4.18. The zero-order chi connectivity index (χ0) is 10.6. The van der Waals surface area contributed by atoms with Crippen molar-refractivity contribution in [3.8, 4) is 0 Å². The molecule has 0 bridgehead atoms. The molecule has 14 heavy (non-hydrogen) atoms. The summed E-state index contributed by atoms with van der Waals surface area (Å²) in [6, 6.07) is 0.679. The van der Waals surface area contributed by atoms with E-state index in [0.717, 1.165) is 5.92 Å². The van der Waals surface area contributed by atoms with Gasteiger partial charge in [0.15, 0.2) is 0 Å². The topological polar surface area (TPSA) is 12.0 Å². The van der Waals surface area contributed by atoms with Crippen molar-refractivity contribution in [2.45, 2.75) is 65.0 Å². The zero-order valence-corrected chi connectivity index (χ0v) is 10.1. The molecular weight excluding hydrogens is 170 g/mol. The van der Waals surface area contributed by atoms with Crippen molar-refractivity contribution in [1.29, 1.82) is 0 Å². The van der Waals surface area contributed by atoms with Gasteiger partial charge in [-0.05, 0) is 46.0 Å². The number of allylic oxidation sites excluding steroid dienone is 1. The second-order valence-corrected chi connectivity index (χ2v) is 5.66. The first kappa shape index (κ1) is 11.8. The summed E-state index contributed by atoms with van der Waals surface area (Å²) < 4.78 is 0. The van der Waals surface area contributed by atoms with E-state index in [2.05, 4.69) is 45.2 Å². The highest BCUT2D eigenvalue weighted by Gasteiger charge is 2.17. The summed E-state index contributed by atoms with van der Waals surface area (Å²) in [5.41, 5.74) is 0.253. The van der Waals surface area contributed by atoms with Crippen LogP contribution in [-0.2, 0) is 0 Å². The Morgan fingerprint density at radius 3 is 2.57 bits per heavy atom. The van der Waals surface area contributed by atoms with Gasteiger partial charge in [-0.3, -0.25) is 0 Å². The molecule has 0 radical (unpaired) electrons. The average molecular weight is 195 g/mol. The first-order chi connectivity index (χ1) is 6.47. The van der Waals surface area contributed by atoms with E-state index in [0.29, 0.717) is 6.04 Å². The summed E-state index contributed by atoms with van der Waals surface area (Å²) in [5, 5.41) is 3.69. The molecule has 1 heteroatoms. The first-order valence-corrected chi connectivity index (χ1v) is 5.92. The molecule has 0 aromatic heterocycles. The van der Waals surface area contributed by atoms with E-state index in [4.69, 9.17) is 0 Å². The van der Waals surface area contributed by atoms with Crippen molar-refractivity contribution in [3.63, 3.8) is 0 Å². The SMILES string of the molecule is CC1C=CCC(NC(C)(C)C)CCC1. The van der Waals surface area contributed by atoms with E-state index in [-0.39, 0.29) is 5.54 Å². The predicted molar refractivity (Wildman–Crippen MR) is 63.4 cm³/mol. The van der Waals surface area contributed by atoms with Gasteiger partial charge in [0.1, 0.15) is 0 Å². The highest BCUT2D eigenvalue weighted by atomic mass is 15.0. The first-order valence-electron chi connectivity index (χ1n) is 5.92. The Labute approximate surface area is 89.0 Å². The van der Waals surface area contributed by atoms with E-state index in [1.54, 1.807) is 0 Å². The molecular formula is C13H25N. The van der Waals surface area contributed by atoms with Gasteiger partial charge in [0.2, 0.25) is 0 Å². The summed E-state index contributed by atoms with van der Waals surface area (Å²) in [7, 11) is 0. The van der Waals surface area contributed by atoms with Crippen LogP contribution in [0.15, 0.2) is 12.2 Å². The van der Waals surface area contributed by atoms with Crippen LogP contribution in [0.2, 0.25) is 0 Å². The van der Waals surface area contributed by atoms with Crippen molar-refractivity contribution < 1.29 is 0 Å². The molecule has 0 saturated heterocycles. The van der Waals surface area contributed by atoms with Gasteiger partial charge in [-0.25, -0.2) is 0 Å². The van der Waals surface area contributed by atoms with Gasteiger partial charge in [-0.1, -0.05) is 25.5 Å². The minimum atomic E-state index is 0.253. The van der Waals surface area contributed by atoms with Crippen molar-refractivity contribution in [2.75, 3.05) is 0 Å². The van der Waals surface area contributed by atoms with Crippen LogP contribution < -0.4 is 5.32 Å². The van der Waals surface area contributed by atoms with Crippen LogP contribution >= 0.6 is 0 Å². The smallest absolute Gasteiger partial charge is 0.0106 e. The Morgan fingerprint density at radius 2 is 1.93 bits per heavy atom. The fourth-order valence-corrected chi connectivity index (χ4v) is 2.12. The summed E-state index contributed by atoms with van der Waals surface area (Å²) in [4.78, 5) is 0. The summed E-state index contributed by atoms with van der Waals surface area (Å²) in [5.74, 6) is 0.783. The number of nitrogens with one attached hydrogen (secondary N) is 1. The van der Waals surface area contributed by atoms with Crippen LogP contribution in [0.1, 0.15) is 53.4 Å². The summed E-state index contributed by atoms with van der Waals surface area (Å²) >= 11 is 0. The van der Waals surface area contributed by atoms with Gasteiger partial charge in [-0.2, -0.15) is 0 Å². The largest absolute Gasteiger partial charge is 0.309 e. The van der Waals surface area contributed by atoms with Crippen LogP contribution in [0.5, 0.6) is 0 Å². The molecule has 2 unspecified atom stereocenters. The number of hydrogen-bond acceptors (Lipinski definition) is 1. The fraction of sp³-hybridized carbons (Fsp3) is 0.846. The van der Waals surface area contributed by atoms with Crippen LogP contribution in [-0.4, -0.2) is 11.6 Å². The van der Waals surface area contributed by atoms with Crippen LogP contribution in [0.4, 0.5) is 0 Å². The molecule has 0 aliphatic heterocycles. The third kappa shape index (κ3) is 4.80. The monoisotopic (exact) mass is 195 g/mol.